The van der Waals surface area contributed by atoms with Gasteiger partial charge in [0.1, 0.15) is 54.9 Å². The number of carbonyl (C=O) groups excluding carboxylic acids is 1. The number of hydrogen-bond donors (Lipinski definition) is 10. The third kappa shape index (κ3) is 9.76. The van der Waals surface area contributed by atoms with Crippen LogP contribution in [0.4, 0.5) is 0 Å². The van der Waals surface area contributed by atoms with Crippen molar-refractivity contribution in [3.8, 4) is 23.0 Å². The summed E-state index contributed by atoms with van der Waals surface area (Å²) in [5.74, 6) is -1.75. The van der Waals surface area contributed by atoms with E-state index >= 15 is 0 Å². The van der Waals surface area contributed by atoms with Gasteiger partial charge >= 0.3 is 5.97 Å². The van der Waals surface area contributed by atoms with Gasteiger partial charge in [-0.15, -0.1) is 0 Å². The first kappa shape index (κ1) is 41.5. The lowest BCUT2D eigenvalue weighted by Gasteiger charge is -2.47. The number of rotatable bonds is 13. The third-order valence-electron chi connectivity index (χ3n) is 9.17. The number of hydrogen-bond acceptors (Lipinski definition) is 19. The van der Waals surface area contributed by atoms with Gasteiger partial charge in [-0.3, -0.25) is 0 Å². The molecule has 0 spiro atoms. The predicted molar refractivity (Wildman–Crippen MR) is 179 cm³/mol. The molecule has 2 aromatic carbocycles. The molecule has 0 saturated carbocycles. The van der Waals surface area contributed by atoms with Gasteiger partial charge in [-0.2, -0.15) is 0 Å². The van der Waals surface area contributed by atoms with Gasteiger partial charge in [0.15, 0.2) is 48.0 Å². The second kappa shape index (κ2) is 18.3. The molecule has 54 heavy (non-hydrogen) atoms. The molecule has 0 aliphatic carbocycles. The van der Waals surface area contributed by atoms with Gasteiger partial charge in [-0.05, 0) is 54.8 Å². The highest BCUT2D eigenvalue weighted by molar-refractivity contribution is 5.87. The lowest BCUT2D eigenvalue weighted by Crippen LogP contribution is -2.65. The van der Waals surface area contributed by atoms with E-state index in [0.29, 0.717) is 5.56 Å². The topological polar surface area (TPSA) is 293 Å². The zero-order chi connectivity index (χ0) is 39.3. The fourth-order valence-corrected chi connectivity index (χ4v) is 6.03. The minimum absolute atomic E-state index is 0.112. The van der Waals surface area contributed by atoms with Crippen LogP contribution in [-0.2, 0) is 44.4 Å². The van der Waals surface area contributed by atoms with E-state index in [2.05, 4.69) is 0 Å². The molecule has 3 aliphatic rings. The molecule has 0 unspecified atom stereocenters. The molecule has 3 aliphatic heterocycles. The Balaban J connectivity index is 1.41. The molecule has 10 N–H and O–H groups in total. The lowest BCUT2D eigenvalue weighted by molar-refractivity contribution is -0.362. The summed E-state index contributed by atoms with van der Waals surface area (Å²) in [7, 11) is 1.40. The molecule has 0 bridgehead atoms. The van der Waals surface area contributed by atoms with Crippen molar-refractivity contribution in [2.24, 2.45) is 0 Å². The van der Waals surface area contributed by atoms with Crippen molar-refractivity contribution in [2.45, 2.75) is 99.4 Å². The Bertz CT molecular complexity index is 1570. The molecule has 0 radical (unpaired) electrons. The van der Waals surface area contributed by atoms with Gasteiger partial charge in [0.2, 0.25) is 0 Å². The van der Waals surface area contributed by atoms with Gasteiger partial charge in [0.05, 0.1) is 33.0 Å². The second-order valence-corrected chi connectivity index (χ2v) is 13.0. The molecule has 0 aromatic heterocycles. The van der Waals surface area contributed by atoms with Crippen LogP contribution in [0.3, 0.4) is 0 Å². The first-order valence-electron chi connectivity index (χ1n) is 17.0. The molecule has 300 valence electrons. The molecule has 3 saturated heterocycles. The maximum Gasteiger partial charge on any atom is 0.331 e. The van der Waals surface area contributed by atoms with E-state index in [4.69, 9.17) is 37.9 Å². The van der Waals surface area contributed by atoms with Crippen LogP contribution in [0.15, 0.2) is 42.5 Å². The van der Waals surface area contributed by atoms with Gasteiger partial charge in [0.25, 0.3) is 0 Å². The van der Waals surface area contributed by atoms with Crippen molar-refractivity contribution >= 4 is 12.0 Å². The van der Waals surface area contributed by atoms with Crippen molar-refractivity contribution in [3.05, 3.63) is 53.6 Å². The van der Waals surface area contributed by atoms with Gasteiger partial charge in [0, 0.05) is 6.08 Å². The quantitative estimate of drug-likeness (QED) is 0.0585. The summed E-state index contributed by atoms with van der Waals surface area (Å²) in [6.07, 6.45) is -19.8. The van der Waals surface area contributed by atoms with E-state index in [1.807, 2.05) is 0 Å². The number of aliphatic hydroxyl groups excluding tert-OH is 7. The Morgan fingerprint density at radius 1 is 0.778 bits per heavy atom. The largest absolute Gasteiger partial charge is 0.504 e. The van der Waals surface area contributed by atoms with Crippen LogP contribution in [0, 0.1) is 0 Å². The molecular formula is C35H46O19. The normalized spacial score (nSPS) is 35.9. The van der Waals surface area contributed by atoms with Crippen LogP contribution in [0.1, 0.15) is 18.1 Å². The number of esters is 1. The standard InChI is InChI=1S/C35H46O19/c1-15-25(41)27(43)29(45)35(51-15)54-32-30(46)34(48-10-9-17-4-7-22(47-2)20(38)12-17)52-23(14-50-33-28(44)26(42)21(39)13-49-33)31(32)53-24(40)8-5-16-3-6-18(36)19(37)11-16/h3-8,11-12,15,21,23,25-39,41-46H,9-10,13-14H2,1-2H3/b8-5+/t15-,21-,23+,25-,26-,27+,28+,29+,30+,31+,32+,33+,34+,35-/m0/s1. The lowest BCUT2D eigenvalue weighted by atomic mass is 9.96. The number of phenolic OH excluding ortho intramolecular Hbond substituents is 3. The van der Waals surface area contributed by atoms with Crippen LogP contribution in [0.2, 0.25) is 0 Å². The van der Waals surface area contributed by atoms with Crippen molar-refractivity contribution in [3.63, 3.8) is 0 Å². The van der Waals surface area contributed by atoms with Gasteiger partial charge in [-0.1, -0.05) is 12.1 Å². The average Bonchev–Trinajstić information content (AvgIpc) is 3.14. The summed E-state index contributed by atoms with van der Waals surface area (Å²) in [5, 5.41) is 103. The fraction of sp³-hybridized carbons (Fsp3) is 0.571. The molecule has 5 rings (SSSR count). The van der Waals surface area contributed by atoms with Crippen LogP contribution >= 0.6 is 0 Å². The summed E-state index contributed by atoms with van der Waals surface area (Å²) < 4.78 is 45.3. The monoisotopic (exact) mass is 770 g/mol. The number of methoxy groups -OCH3 is 1. The molecular weight excluding hydrogens is 724 g/mol. The minimum Gasteiger partial charge on any atom is -0.504 e. The minimum atomic E-state index is -1.85. The second-order valence-electron chi connectivity index (χ2n) is 13.0. The van der Waals surface area contributed by atoms with E-state index in [1.165, 1.54) is 44.4 Å². The number of aliphatic hydroxyl groups is 7. The molecule has 19 nitrogen and oxygen atoms in total. The van der Waals surface area contributed by atoms with Crippen LogP contribution < -0.4 is 4.74 Å². The smallest absolute Gasteiger partial charge is 0.331 e. The molecule has 2 aromatic rings. The highest BCUT2D eigenvalue weighted by Crippen LogP contribution is 2.33. The summed E-state index contributed by atoms with van der Waals surface area (Å²) in [5.41, 5.74) is 0.911. The summed E-state index contributed by atoms with van der Waals surface area (Å²) >= 11 is 0. The number of aromatic hydroxyl groups is 3. The van der Waals surface area contributed by atoms with Crippen molar-refractivity contribution in [1.29, 1.82) is 0 Å². The van der Waals surface area contributed by atoms with Crippen molar-refractivity contribution < 1.29 is 93.8 Å². The maximum atomic E-state index is 13.3. The molecule has 19 heteroatoms. The van der Waals surface area contributed by atoms with Gasteiger partial charge in [-0.25, -0.2) is 4.79 Å². The Kier molecular flexibility index (Phi) is 14.1. The zero-order valence-corrected chi connectivity index (χ0v) is 29.2. The number of benzene rings is 2. The van der Waals surface area contributed by atoms with Crippen molar-refractivity contribution in [1.82, 2.24) is 0 Å². The summed E-state index contributed by atoms with van der Waals surface area (Å²) in [4.78, 5) is 13.3. The number of phenols is 3. The summed E-state index contributed by atoms with van der Waals surface area (Å²) in [6, 6.07) is 8.44. The van der Waals surface area contributed by atoms with E-state index < -0.39 is 117 Å². The van der Waals surface area contributed by atoms with E-state index in [0.717, 1.165) is 6.08 Å². The maximum absolute atomic E-state index is 13.3. The van der Waals surface area contributed by atoms with E-state index in [-0.39, 0.29) is 30.1 Å². The van der Waals surface area contributed by atoms with Gasteiger partial charge < -0.3 is 89.0 Å². The fourth-order valence-electron chi connectivity index (χ4n) is 6.03. The Hall–Kier alpha value is -3.67. The highest BCUT2D eigenvalue weighted by Gasteiger charge is 2.53. The zero-order valence-electron chi connectivity index (χ0n) is 29.2. The van der Waals surface area contributed by atoms with E-state index in [9.17, 15) is 55.9 Å². The van der Waals surface area contributed by atoms with Crippen molar-refractivity contribution in [2.75, 3.05) is 26.9 Å². The first-order valence-corrected chi connectivity index (χ1v) is 17.0. The Morgan fingerprint density at radius 2 is 1.52 bits per heavy atom. The third-order valence-corrected chi connectivity index (χ3v) is 9.17. The number of carbonyl (C=O) groups is 1. The Morgan fingerprint density at radius 3 is 2.22 bits per heavy atom. The molecule has 3 heterocycles. The predicted octanol–water partition coefficient (Wildman–Crippen LogP) is -2.25. The Labute approximate surface area is 308 Å². The average molecular weight is 771 g/mol. The SMILES string of the molecule is COc1ccc(CCO[C@@H]2O[C@H](CO[C@H]3OC[C@H](O)[C@H](O)[C@H]3O)[C@@H](OC(=O)/C=C/c3ccc(O)c(O)c3)[C@H](O[C@@H]3O[C@@H](C)[C@H](O)[C@@H](O)[C@H]3O)[C@H]2O)cc1O. The summed E-state index contributed by atoms with van der Waals surface area (Å²) in [6.45, 7) is 0.313. The van der Waals surface area contributed by atoms with Crippen LogP contribution in [0.5, 0.6) is 23.0 Å². The highest BCUT2D eigenvalue weighted by atomic mass is 16.8. The van der Waals surface area contributed by atoms with Crippen LogP contribution in [0.25, 0.3) is 6.08 Å². The molecule has 0 amide bonds. The van der Waals surface area contributed by atoms with Crippen LogP contribution in [-0.4, -0.2) is 170 Å². The first-order chi connectivity index (χ1) is 25.7. The van der Waals surface area contributed by atoms with E-state index in [1.54, 1.807) is 12.1 Å². The molecule has 14 atom stereocenters. The number of ether oxygens (including phenoxy) is 8. The molecule has 3 fully saturated rings.